The van der Waals surface area contributed by atoms with E-state index in [0.717, 1.165) is 33.5 Å². The van der Waals surface area contributed by atoms with Crippen LogP contribution in [0.15, 0.2) is 53.3 Å². The summed E-state index contributed by atoms with van der Waals surface area (Å²) >= 11 is 0. The predicted octanol–water partition coefficient (Wildman–Crippen LogP) is 4.65. The Morgan fingerprint density at radius 2 is 1.92 bits per heavy atom. The molecule has 0 aliphatic heterocycles. The summed E-state index contributed by atoms with van der Waals surface area (Å²) in [6, 6.07) is 10.6. The lowest BCUT2D eigenvalue weighted by Gasteiger charge is -2.08. The fraction of sp³-hybridized carbons (Fsp3) is 0.150. The summed E-state index contributed by atoms with van der Waals surface area (Å²) in [5, 5.41) is 8.08. The van der Waals surface area contributed by atoms with E-state index >= 15 is 0 Å². The number of nitrogens with zero attached hydrogens (tertiary/aromatic N) is 3. The zero-order chi connectivity index (χ0) is 18.1. The van der Waals surface area contributed by atoms with Gasteiger partial charge in [-0.05, 0) is 37.6 Å². The molecule has 0 unspecified atom stereocenters. The van der Waals surface area contributed by atoms with Gasteiger partial charge in [0.15, 0.2) is 5.58 Å². The molecule has 130 valence electrons. The maximum absolute atomic E-state index is 13.7. The molecule has 0 saturated carbocycles. The van der Waals surface area contributed by atoms with Crippen LogP contribution in [-0.2, 0) is 6.54 Å². The van der Waals surface area contributed by atoms with Crippen molar-refractivity contribution in [1.29, 1.82) is 0 Å². The Bertz CT molecular complexity index is 1070. The Morgan fingerprint density at radius 1 is 1.08 bits per heavy atom. The van der Waals surface area contributed by atoms with Crippen molar-refractivity contribution in [2.45, 2.75) is 20.4 Å². The van der Waals surface area contributed by atoms with E-state index in [0.29, 0.717) is 17.9 Å². The lowest BCUT2D eigenvalue weighted by Crippen LogP contribution is -2.03. The number of hydrogen-bond donors (Lipinski definition) is 1. The van der Waals surface area contributed by atoms with Gasteiger partial charge in [-0.25, -0.2) is 9.37 Å². The highest BCUT2D eigenvalue weighted by molar-refractivity contribution is 5.85. The number of fused-ring (bicyclic) bond motifs is 1. The first-order valence-corrected chi connectivity index (χ1v) is 8.28. The number of aryl methyl sites for hydroxylation is 2. The molecule has 0 aliphatic carbocycles. The van der Waals surface area contributed by atoms with Crippen LogP contribution in [0.25, 0.3) is 22.2 Å². The van der Waals surface area contributed by atoms with Crippen molar-refractivity contribution in [3.63, 3.8) is 0 Å². The van der Waals surface area contributed by atoms with Crippen molar-refractivity contribution in [2.24, 2.45) is 0 Å². The second-order valence-electron chi connectivity index (χ2n) is 6.16. The van der Waals surface area contributed by atoms with Crippen LogP contribution < -0.4 is 5.32 Å². The molecule has 2 heterocycles. The van der Waals surface area contributed by atoms with Crippen molar-refractivity contribution >= 4 is 16.8 Å². The highest BCUT2D eigenvalue weighted by atomic mass is 19.1. The molecule has 0 atom stereocenters. The summed E-state index contributed by atoms with van der Waals surface area (Å²) in [6.45, 7) is 4.29. The Labute approximate surface area is 149 Å². The minimum atomic E-state index is -0.240. The number of anilines is 1. The number of nitrogens with one attached hydrogen (secondary N) is 1. The van der Waals surface area contributed by atoms with Crippen LogP contribution in [0.2, 0.25) is 0 Å². The van der Waals surface area contributed by atoms with Gasteiger partial charge in [-0.15, -0.1) is 0 Å². The number of hydrogen-bond acceptors (Lipinski definition) is 5. The molecule has 0 aliphatic rings. The molecule has 5 nitrogen and oxygen atoms in total. The number of benzene rings is 2. The topological polar surface area (TPSA) is 63.8 Å². The van der Waals surface area contributed by atoms with Gasteiger partial charge in [0.05, 0.1) is 23.8 Å². The largest absolute Gasteiger partial charge is 0.365 e. The second kappa shape index (κ2) is 6.55. The number of rotatable bonds is 4. The molecule has 6 heteroatoms. The minimum absolute atomic E-state index is 0.240. The Balaban J connectivity index is 1.56. The maximum Gasteiger partial charge on any atom is 0.167 e. The van der Waals surface area contributed by atoms with Crippen molar-refractivity contribution in [1.82, 2.24) is 15.1 Å². The lowest BCUT2D eigenvalue weighted by atomic mass is 10.0. The molecule has 2 aromatic carbocycles. The highest BCUT2D eigenvalue weighted by Gasteiger charge is 2.11. The smallest absolute Gasteiger partial charge is 0.167 e. The van der Waals surface area contributed by atoms with E-state index in [1.165, 1.54) is 6.07 Å². The molecule has 4 rings (SSSR count). The third kappa shape index (κ3) is 3.01. The fourth-order valence-corrected chi connectivity index (χ4v) is 2.88. The predicted molar refractivity (Wildman–Crippen MR) is 98.2 cm³/mol. The standard InChI is InChI=1S/C20H17FN4O/c1-12-7-16-13(2)25-26-19(16)8-15(12)18-10-24-20(11-22-18)23-9-14-5-3-4-6-17(14)21/h3-8,10-11H,9H2,1-2H3,(H,23,24). The molecule has 0 amide bonds. The highest BCUT2D eigenvalue weighted by Crippen LogP contribution is 2.28. The van der Waals surface area contributed by atoms with Crippen molar-refractivity contribution < 1.29 is 8.91 Å². The first kappa shape index (κ1) is 16.2. The van der Waals surface area contributed by atoms with E-state index < -0.39 is 0 Å². The fourth-order valence-electron chi connectivity index (χ4n) is 2.88. The summed E-state index contributed by atoms with van der Waals surface area (Å²) in [6.07, 6.45) is 3.34. The minimum Gasteiger partial charge on any atom is -0.365 e. The van der Waals surface area contributed by atoms with Gasteiger partial charge in [-0.2, -0.15) is 0 Å². The van der Waals surface area contributed by atoms with Crippen molar-refractivity contribution in [3.05, 3.63) is 71.4 Å². The number of halogens is 1. The van der Waals surface area contributed by atoms with Crippen LogP contribution in [-0.4, -0.2) is 15.1 Å². The third-order valence-electron chi connectivity index (χ3n) is 4.34. The molecule has 0 bridgehead atoms. The zero-order valence-corrected chi connectivity index (χ0v) is 14.5. The van der Waals surface area contributed by atoms with Gasteiger partial charge in [-0.1, -0.05) is 23.4 Å². The molecule has 0 radical (unpaired) electrons. The summed E-state index contributed by atoms with van der Waals surface area (Å²) in [4.78, 5) is 8.86. The lowest BCUT2D eigenvalue weighted by molar-refractivity contribution is 0.450. The van der Waals surface area contributed by atoms with E-state index in [1.54, 1.807) is 30.6 Å². The molecule has 0 saturated heterocycles. The third-order valence-corrected chi connectivity index (χ3v) is 4.34. The summed E-state index contributed by atoms with van der Waals surface area (Å²) in [5.41, 5.74) is 4.95. The van der Waals surface area contributed by atoms with Crippen LogP contribution in [0.3, 0.4) is 0 Å². The van der Waals surface area contributed by atoms with E-state index in [9.17, 15) is 4.39 Å². The van der Waals surface area contributed by atoms with Crippen LogP contribution in [0.5, 0.6) is 0 Å². The molecular formula is C20H17FN4O. The first-order valence-electron chi connectivity index (χ1n) is 8.28. The molecule has 0 spiro atoms. The summed E-state index contributed by atoms with van der Waals surface area (Å²) in [7, 11) is 0. The zero-order valence-electron chi connectivity index (χ0n) is 14.5. The van der Waals surface area contributed by atoms with Gasteiger partial charge in [0.25, 0.3) is 0 Å². The van der Waals surface area contributed by atoms with Crippen molar-refractivity contribution in [2.75, 3.05) is 5.32 Å². The molecular weight excluding hydrogens is 331 g/mol. The van der Waals surface area contributed by atoms with E-state index in [-0.39, 0.29) is 5.82 Å². The average Bonchev–Trinajstić information content (AvgIpc) is 3.01. The molecule has 0 fully saturated rings. The van der Waals surface area contributed by atoms with Crippen LogP contribution in [0, 0.1) is 19.7 Å². The SMILES string of the molecule is Cc1cc2c(C)noc2cc1-c1cnc(NCc2ccccc2F)cn1. The van der Waals surface area contributed by atoms with E-state index in [1.807, 2.05) is 26.0 Å². The summed E-state index contributed by atoms with van der Waals surface area (Å²) in [5.74, 6) is 0.349. The van der Waals surface area contributed by atoms with Crippen molar-refractivity contribution in [3.8, 4) is 11.3 Å². The quantitative estimate of drug-likeness (QED) is 0.581. The van der Waals surface area contributed by atoms with Gasteiger partial charge in [0.2, 0.25) is 0 Å². The van der Waals surface area contributed by atoms with Crippen LogP contribution in [0.4, 0.5) is 10.2 Å². The second-order valence-corrected chi connectivity index (χ2v) is 6.16. The average molecular weight is 348 g/mol. The van der Waals surface area contributed by atoms with E-state index in [2.05, 4.69) is 20.4 Å². The van der Waals surface area contributed by atoms with Crippen LogP contribution in [0.1, 0.15) is 16.8 Å². The molecule has 2 aromatic heterocycles. The molecule has 1 N–H and O–H groups in total. The molecule has 26 heavy (non-hydrogen) atoms. The van der Waals surface area contributed by atoms with Crippen LogP contribution >= 0.6 is 0 Å². The summed E-state index contributed by atoms with van der Waals surface area (Å²) < 4.78 is 19.0. The monoisotopic (exact) mass is 348 g/mol. The first-order chi connectivity index (χ1) is 12.6. The van der Waals surface area contributed by atoms with Gasteiger partial charge in [-0.3, -0.25) is 4.98 Å². The maximum atomic E-state index is 13.7. The van der Waals surface area contributed by atoms with Gasteiger partial charge in [0, 0.05) is 23.1 Å². The Morgan fingerprint density at radius 3 is 2.69 bits per heavy atom. The van der Waals surface area contributed by atoms with Gasteiger partial charge < -0.3 is 9.84 Å². The Hall–Kier alpha value is -3.28. The number of aromatic nitrogens is 3. The normalized spacial score (nSPS) is 11.0. The molecule has 4 aromatic rings. The van der Waals surface area contributed by atoms with E-state index in [4.69, 9.17) is 4.52 Å². The Kier molecular flexibility index (Phi) is 4.08. The van der Waals surface area contributed by atoms with Gasteiger partial charge in [0.1, 0.15) is 11.6 Å². The van der Waals surface area contributed by atoms with Gasteiger partial charge >= 0.3 is 0 Å².